The number of carbonyl (C=O) groups is 1. The Bertz CT molecular complexity index is 717. The van der Waals surface area contributed by atoms with E-state index in [9.17, 15) is 9.59 Å². The molecule has 0 radical (unpaired) electrons. The Morgan fingerprint density at radius 2 is 2.19 bits per heavy atom. The van der Waals surface area contributed by atoms with Gasteiger partial charge >= 0.3 is 5.97 Å². The summed E-state index contributed by atoms with van der Waals surface area (Å²) in [6, 6.07) is 1.72. The maximum absolute atomic E-state index is 12.4. The van der Waals surface area contributed by atoms with Crippen molar-refractivity contribution in [1.29, 1.82) is 0 Å². The first-order valence-electron chi connectivity index (χ1n) is 6.57. The Balaban J connectivity index is 2.29. The summed E-state index contributed by atoms with van der Waals surface area (Å²) < 4.78 is 3.14. The Labute approximate surface area is 121 Å². The first-order chi connectivity index (χ1) is 9.91. The molecule has 0 aromatic carbocycles. The zero-order valence-corrected chi connectivity index (χ0v) is 12.2. The molecule has 0 saturated carbocycles. The second-order valence-corrected chi connectivity index (χ2v) is 4.94. The van der Waals surface area contributed by atoms with E-state index in [1.165, 1.54) is 11.6 Å². The second kappa shape index (κ2) is 5.82. The third-order valence-electron chi connectivity index (χ3n) is 3.48. The van der Waals surface area contributed by atoms with Crippen LogP contribution in [0.1, 0.15) is 29.8 Å². The van der Waals surface area contributed by atoms with Crippen LogP contribution in [0.4, 0.5) is 0 Å². The highest BCUT2D eigenvalue weighted by Crippen LogP contribution is 2.15. The summed E-state index contributed by atoms with van der Waals surface area (Å²) in [5.41, 5.74) is 3.56. The maximum atomic E-state index is 12.4. The van der Waals surface area contributed by atoms with Crippen molar-refractivity contribution < 1.29 is 9.90 Å². The van der Waals surface area contributed by atoms with Crippen LogP contribution < -0.4 is 11.0 Å². The number of imidazole rings is 1. The molecule has 2 rings (SSSR count). The Kier molecular flexibility index (Phi) is 4.11. The van der Waals surface area contributed by atoms with Gasteiger partial charge in [-0.1, -0.05) is 0 Å². The van der Waals surface area contributed by atoms with E-state index < -0.39 is 11.9 Å². The Morgan fingerprint density at radius 1 is 1.48 bits per heavy atom. The molecule has 0 bridgehead atoms. The van der Waals surface area contributed by atoms with Gasteiger partial charge < -0.3 is 15.1 Å². The van der Waals surface area contributed by atoms with E-state index >= 15 is 0 Å². The minimum atomic E-state index is -1.02. The SMILES string of the molecule is Cc1ccn(NCc2nccn2C)c(=O)c1C(C)C(=O)O. The third kappa shape index (κ3) is 2.96. The molecule has 0 fully saturated rings. The summed E-state index contributed by atoms with van der Waals surface area (Å²) in [6.45, 7) is 3.61. The second-order valence-electron chi connectivity index (χ2n) is 4.94. The zero-order chi connectivity index (χ0) is 15.6. The van der Waals surface area contributed by atoms with Gasteiger partial charge in [0.1, 0.15) is 5.82 Å². The molecule has 2 aromatic heterocycles. The number of aliphatic carboxylic acids is 1. The largest absolute Gasteiger partial charge is 0.481 e. The van der Waals surface area contributed by atoms with Crippen LogP contribution in [0.3, 0.4) is 0 Å². The van der Waals surface area contributed by atoms with Crippen LogP contribution in [0.25, 0.3) is 0 Å². The molecular formula is C14H18N4O3. The molecule has 2 heterocycles. The highest BCUT2D eigenvalue weighted by atomic mass is 16.4. The van der Waals surface area contributed by atoms with E-state index in [0.29, 0.717) is 12.1 Å². The molecule has 112 valence electrons. The summed E-state index contributed by atoms with van der Waals surface area (Å²) in [5, 5.41) is 9.11. The summed E-state index contributed by atoms with van der Waals surface area (Å²) in [6.07, 6.45) is 5.08. The number of pyridine rings is 1. The number of carboxylic acids is 1. The van der Waals surface area contributed by atoms with E-state index in [2.05, 4.69) is 10.4 Å². The van der Waals surface area contributed by atoms with Gasteiger partial charge in [0, 0.05) is 31.2 Å². The summed E-state index contributed by atoms with van der Waals surface area (Å²) >= 11 is 0. The lowest BCUT2D eigenvalue weighted by atomic mass is 9.99. The van der Waals surface area contributed by atoms with Crippen molar-refractivity contribution in [2.24, 2.45) is 7.05 Å². The van der Waals surface area contributed by atoms with Crippen LogP contribution >= 0.6 is 0 Å². The summed E-state index contributed by atoms with van der Waals surface area (Å²) in [7, 11) is 1.86. The molecule has 21 heavy (non-hydrogen) atoms. The Hall–Kier alpha value is -2.57. The number of nitrogens with one attached hydrogen (secondary N) is 1. The lowest BCUT2D eigenvalue weighted by Crippen LogP contribution is -2.33. The van der Waals surface area contributed by atoms with Gasteiger partial charge in [-0.25, -0.2) is 9.66 Å². The molecule has 2 aromatic rings. The van der Waals surface area contributed by atoms with Crippen molar-refractivity contribution in [3.05, 3.63) is 52.0 Å². The molecule has 0 aliphatic carbocycles. The van der Waals surface area contributed by atoms with Crippen LogP contribution in [-0.2, 0) is 18.4 Å². The summed E-state index contributed by atoms with van der Waals surface area (Å²) in [4.78, 5) is 27.7. The average Bonchev–Trinajstić information content (AvgIpc) is 2.83. The molecule has 0 aliphatic rings. The van der Waals surface area contributed by atoms with Crippen molar-refractivity contribution >= 4 is 5.97 Å². The predicted octanol–water partition coefficient (Wildman–Crippen LogP) is 0.822. The molecule has 1 unspecified atom stereocenters. The summed E-state index contributed by atoms with van der Waals surface area (Å²) in [5.74, 6) is -1.09. The van der Waals surface area contributed by atoms with Crippen molar-refractivity contribution in [2.75, 3.05) is 5.43 Å². The average molecular weight is 290 g/mol. The van der Waals surface area contributed by atoms with Crippen molar-refractivity contribution in [3.8, 4) is 0 Å². The van der Waals surface area contributed by atoms with Crippen LogP contribution in [0, 0.1) is 6.92 Å². The number of hydrogen-bond donors (Lipinski definition) is 2. The van der Waals surface area contributed by atoms with Crippen LogP contribution in [0.2, 0.25) is 0 Å². The smallest absolute Gasteiger partial charge is 0.310 e. The van der Waals surface area contributed by atoms with Gasteiger partial charge in [0.15, 0.2) is 0 Å². The van der Waals surface area contributed by atoms with Crippen molar-refractivity contribution in [2.45, 2.75) is 26.3 Å². The van der Waals surface area contributed by atoms with Crippen LogP contribution in [0.5, 0.6) is 0 Å². The topological polar surface area (TPSA) is 89.2 Å². The van der Waals surface area contributed by atoms with Gasteiger partial charge in [0.2, 0.25) is 0 Å². The third-order valence-corrected chi connectivity index (χ3v) is 3.48. The Morgan fingerprint density at radius 3 is 2.76 bits per heavy atom. The molecule has 7 heteroatoms. The highest BCUT2D eigenvalue weighted by molar-refractivity contribution is 5.75. The molecule has 1 atom stereocenters. The monoisotopic (exact) mass is 290 g/mol. The maximum Gasteiger partial charge on any atom is 0.310 e. The molecule has 0 amide bonds. The molecule has 7 nitrogen and oxygen atoms in total. The number of aryl methyl sites for hydroxylation is 2. The molecule has 0 spiro atoms. The van der Waals surface area contributed by atoms with Gasteiger partial charge in [0.05, 0.1) is 12.5 Å². The van der Waals surface area contributed by atoms with E-state index in [4.69, 9.17) is 5.11 Å². The normalized spacial score (nSPS) is 12.1. The quantitative estimate of drug-likeness (QED) is 0.851. The van der Waals surface area contributed by atoms with Gasteiger partial charge in [-0.3, -0.25) is 9.59 Å². The molecular weight excluding hydrogens is 272 g/mol. The number of aromatic nitrogens is 3. The zero-order valence-electron chi connectivity index (χ0n) is 12.2. The van der Waals surface area contributed by atoms with E-state index in [1.54, 1.807) is 25.4 Å². The van der Waals surface area contributed by atoms with E-state index in [-0.39, 0.29) is 11.1 Å². The van der Waals surface area contributed by atoms with Gasteiger partial charge in [0.25, 0.3) is 5.56 Å². The van der Waals surface area contributed by atoms with Gasteiger partial charge in [-0.2, -0.15) is 0 Å². The molecule has 0 saturated heterocycles. The van der Waals surface area contributed by atoms with Gasteiger partial charge in [-0.15, -0.1) is 0 Å². The van der Waals surface area contributed by atoms with E-state index in [0.717, 1.165) is 5.82 Å². The van der Waals surface area contributed by atoms with Crippen LogP contribution in [-0.4, -0.2) is 25.3 Å². The lowest BCUT2D eigenvalue weighted by molar-refractivity contribution is -0.138. The standard InChI is InChI=1S/C14H18N4O3/c1-9-4-6-18(13(19)12(9)10(2)14(20)21)16-8-11-15-5-7-17(11)3/h4-7,10,16H,8H2,1-3H3,(H,20,21). The predicted molar refractivity (Wildman–Crippen MR) is 77.8 cm³/mol. The van der Waals surface area contributed by atoms with Crippen LogP contribution in [0.15, 0.2) is 29.5 Å². The fourth-order valence-electron chi connectivity index (χ4n) is 2.14. The number of rotatable bonds is 5. The number of carboxylic acid groups (broad SMARTS) is 1. The first kappa shape index (κ1) is 14.8. The van der Waals surface area contributed by atoms with E-state index in [1.807, 2.05) is 17.8 Å². The number of hydrogen-bond acceptors (Lipinski definition) is 4. The van der Waals surface area contributed by atoms with Gasteiger partial charge in [-0.05, 0) is 25.5 Å². The lowest BCUT2D eigenvalue weighted by Gasteiger charge is -2.14. The molecule has 0 aliphatic heterocycles. The molecule has 2 N–H and O–H groups in total. The fourth-order valence-corrected chi connectivity index (χ4v) is 2.14. The fraction of sp³-hybridized carbons (Fsp3) is 0.357. The van der Waals surface area contributed by atoms with Crippen molar-refractivity contribution in [1.82, 2.24) is 14.2 Å². The highest BCUT2D eigenvalue weighted by Gasteiger charge is 2.20. The first-order valence-corrected chi connectivity index (χ1v) is 6.57. The minimum Gasteiger partial charge on any atom is -0.481 e. The number of nitrogens with zero attached hydrogens (tertiary/aromatic N) is 3. The minimum absolute atomic E-state index is 0.289. The van der Waals surface area contributed by atoms with Crippen molar-refractivity contribution in [3.63, 3.8) is 0 Å².